The van der Waals surface area contributed by atoms with Crippen molar-refractivity contribution in [3.63, 3.8) is 0 Å². The van der Waals surface area contributed by atoms with Gasteiger partial charge in [-0.15, -0.1) is 11.3 Å². The molecule has 1 saturated heterocycles. The van der Waals surface area contributed by atoms with Crippen LogP contribution in [-0.4, -0.2) is 40.0 Å². The molecule has 1 amide bonds. The van der Waals surface area contributed by atoms with Crippen LogP contribution in [0.5, 0.6) is 0 Å². The second kappa shape index (κ2) is 8.25. The van der Waals surface area contributed by atoms with Gasteiger partial charge in [0, 0.05) is 37.5 Å². The number of aromatic nitrogens is 1. The highest BCUT2D eigenvalue weighted by Gasteiger charge is 2.24. The molecule has 0 unspecified atom stereocenters. The number of hydrogen-bond donors (Lipinski definition) is 1. The number of aryl methyl sites for hydroxylation is 1. The van der Waals surface area contributed by atoms with Crippen LogP contribution < -0.4 is 0 Å². The van der Waals surface area contributed by atoms with E-state index in [1.807, 2.05) is 22.4 Å². The molecular formula is C19H22N2O3S. The summed E-state index contributed by atoms with van der Waals surface area (Å²) in [6.45, 7) is 1.52. The first-order valence-corrected chi connectivity index (χ1v) is 9.49. The third-order valence-electron chi connectivity index (χ3n) is 4.76. The molecule has 0 bridgehead atoms. The number of nitrogens with zero attached hydrogens (tertiary/aromatic N) is 2. The largest absolute Gasteiger partial charge is 0.478 e. The van der Waals surface area contributed by atoms with Gasteiger partial charge in [-0.2, -0.15) is 0 Å². The van der Waals surface area contributed by atoms with Gasteiger partial charge in [0.2, 0.25) is 5.91 Å². The molecular weight excluding hydrogens is 336 g/mol. The van der Waals surface area contributed by atoms with Crippen LogP contribution >= 0.6 is 11.3 Å². The van der Waals surface area contributed by atoms with Crippen LogP contribution in [0.4, 0.5) is 0 Å². The van der Waals surface area contributed by atoms with E-state index in [4.69, 9.17) is 0 Å². The van der Waals surface area contributed by atoms with Crippen LogP contribution in [-0.2, 0) is 17.6 Å². The number of benzene rings is 1. The van der Waals surface area contributed by atoms with E-state index in [9.17, 15) is 14.7 Å². The van der Waals surface area contributed by atoms with E-state index in [0.29, 0.717) is 24.3 Å². The molecule has 0 atom stereocenters. The number of rotatable bonds is 6. The molecule has 1 aromatic heterocycles. The first kappa shape index (κ1) is 17.6. The lowest BCUT2D eigenvalue weighted by Crippen LogP contribution is -2.39. The van der Waals surface area contributed by atoms with Gasteiger partial charge in [-0.1, -0.05) is 18.2 Å². The first-order valence-electron chi connectivity index (χ1n) is 8.61. The van der Waals surface area contributed by atoms with Crippen molar-refractivity contribution in [3.8, 4) is 0 Å². The van der Waals surface area contributed by atoms with E-state index in [0.717, 1.165) is 42.9 Å². The molecule has 3 rings (SSSR count). The minimum absolute atomic E-state index is 0.194. The highest BCUT2D eigenvalue weighted by atomic mass is 32.1. The Kier molecular flexibility index (Phi) is 5.81. The van der Waals surface area contributed by atoms with Crippen molar-refractivity contribution in [1.82, 2.24) is 9.88 Å². The average Bonchev–Trinajstić information content (AvgIpc) is 3.14. The predicted molar refractivity (Wildman–Crippen MR) is 96.8 cm³/mol. The number of piperidine rings is 1. The van der Waals surface area contributed by atoms with Gasteiger partial charge in [0.15, 0.2) is 0 Å². The maximum absolute atomic E-state index is 12.3. The molecule has 1 aliphatic heterocycles. The number of likely N-dealkylation sites (tertiary alicyclic amines) is 1. The molecule has 1 N–H and O–H groups in total. The smallest absolute Gasteiger partial charge is 0.335 e. The van der Waals surface area contributed by atoms with E-state index in [-0.39, 0.29) is 5.91 Å². The number of aromatic carboxylic acids is 1. The number of amides is 1. The topological polar surface area (TPSA) is 70.5 Å². The Morgan fingerprint density at radius 3 is 2.68 bits per heavy atom. The molecule has 1 fully saturated rings. The third-order valence-corrected chi connectivity index (χ3v) is 5.60. The van der Waals surface area contributed by atoms with Crippen LogP contribution in [0.15, 0.2) is 35.8 Å². The zero-order chi connectivity index (χ0) is 17.6. The second-order valence-electron chi connectivity index (χ2n) is 6.42. The van der Waals surface area contributed by atoms with Crippen LogP contribution in [0.3, 0.4) is 0 Å². The minimum Gasteiger partial charge on any atom is -0.478 e. The van der Waals surface area contributed by atoms with Gasteiger partial charge in [-0.3, -0.25) is 4.79 Å². The lowest BCUT2D eigenvalue weighted by Gasteiger charge is -2.32. The van der Waals surface area contributed by atoms with Crippen LogP contribution in [0.2, 0.25) is 0 Å². The van der Waals surface area contributed by atoms with Gasteiger partial charge >= 0.3 is 5.97 Å². The summed E-state index contributed by atoms with van der Waals surface area (Å²) in [5.41, 5.74) is 1.29. The summed E-state index contributed by atoms with van der Waals surface area (Å²) in [6.07, 6.45) is 5.62. The Morgan fingerprint density at radius 1 is 1.24 bits per heavy atom. The fraction of sp³-hybridized carbons (Fsp3) is 0.421. The van der Waals surface area contributed by atoms with Crippen LogP contribution in [0.1, 0.15) is 40.2 Å². The second-order valence-corrected chi connectivity index (χ2v) is 7.40. The van der Waals surface area contributed by atoms with Crippen molar-refractivity contribution in [2.45, 2.75) is 32.1 Å². The molecule has 0 saturated carbocycles. The van der Waals surface area contributed by atoms with E-state index < -0.39 is 5.97 Å². The number of carboxylic acid groups (broad SMARTS) is 1. The predicted octanol–water partition coefficient (Wildman–Crippen LogP) is 3.26. The lowest BCUT2D eigenvalue weighted by molar-refractivity contribution is -0.132. The highest BCUT2D eigenvalue weighted by Crippen LogP contribution is 2.24. The summed E-state index contributed by atoms with van der Waals surface area (Å²) in [6, 6.07) is 7.21. The van der Waals surface area contributed by atoms with Crippen molar-refractivity contribution < 1.29 is 14.7 Å². The van der Waals surface area contributed by atoms with Crippen molar-refractivity contribution >= 4 is 23.2 Å². The number of thiazole rings is 1. The Balaban J connectivity index is 1.49. The Bertz CT molecular complexity index is 722. The minimum atomic E-state index is -0.870. The average molecular weight is 358 g/mol. The molecule has 132 valence electrons. The molecule has 0 aliphatic carbocycles. The Labute approximate surface area is 151 Å². The van der Waals surface area contributed by atoms with Crippen molar-refractivity contribution in [3.05, 3.63) is 52.0 Å². The molecule has 1 aliphatic rings. The summed E-state index contributed by atoms with van der Waals surface area (Å²) < 4.78 is 0. The van der Waals surface area contributed by atoms with E-state index >= 15 is 0 Å². The zero-order valence-corrected chi connectivity index (χ0v) is 14.9. The summed E-state index contributed by atoms with van der Waals surface area (Å²) in [4.78, 5) is 29.8. The summed E-state index contributed by atoms with van der Waals surface area (Å²) >= 11 is 1.59. The van der Waals surface area contributed by atoms with Gasteiger partial charge in [0.05, 0.1) is 10.6 Å². The zero-order valence-electron chi connectivity index (χ0n) is 14.1. The van der Waals surface area contributed by atoms with Crippen molar-refractivity contribution in [2.24, 2.45) is 5.92 Å². The van der Waals surface area contributed by atoms with Gasteiger partial charge in [0.1, 0.15) is 0 Å². The van der Waals surface area contributed by atoms with Gasteiger partial charge in [-0.25, -0.2) is 9.78 Å². The standard InChI is InChI=1S/C19H22N2O3S/c22-18(6-5-17-20-9-12-25-17)21-10-7-14(8-11-21)13-15-3-1-2-4-16(15)19(23)24/h1-4,9,12,14H,5-8,10-11,13H2,(H,23,24). The molecule has 0 spiro atoms. The number of carbonyl (C=O) groups is 2. The fourth-order valence-corrected chi connectivity index (χ4v) is 3.97. The SMILES string of the molecule is O=C(O)c1ccccc1CC1CCN(C(=O)CCc2nccs2)CC1. The van der Waals surface area contributed by atoms with Crippen LogP contribution in [0, 0.1) is 5.92 Å². The van der Waals surface area contributed by atoms with Gasteiger partial charge in [0.25, 0.3) is 0 Å². The molecule has 5 nitrogen and oxygen atoms in total. The molecule has 6 heteroatoms. The van der Waals surface area contributed by atoms with E-state index in [1.165, 1.54) is 0 Å². The molecule has 0 radical (unpaired) electrons. The molecule has 2 heterocycles. The quantitative estimate of drug-likeness (QED) is 0.860. The molecule has 1 aromatic carbocycles. The Hall–Kier alpha value is -2.21. The molecule has 2 aromatic rings. The van der Waals surface area contributed by atoms with Crippen LogP contribution in [0.25, 0.3) is 0 Å². The third kappa shape index (κ3) is 4.66. The van der Waals surface area contributed by atoms with Crippen molar-refractivity contribution in [1.29, 1.82) is 0 Å². The summed E-state index contributed by atoms with van der Waals surface area (Å²) in [7, 11) is 0. The van der Waals surface area contributed by atoms with Gasteiger partial charge < -0.3 is 10.0 Å². The maximum Gasteiger partial charge on any atom is 0.335 e. The highest BCUT2D eigenvalue weighted by molar-refractivity contribution is 7.09. The van der Waals surface area contributed by atoms with Gasteiger partial charge in [-0.05, 0) is 36.8 Å². The number of carbonyl (C=O) groups excluding carboxylic acids is 1. The lowest BCUT2D eigenvalue weighted by atomic mass is 9.88. The van der Waals surface area contributed by atoms with E-state index in [1.54, 1.807) is 29.7 Å². The summed E-state index contributed by atoms with van der Waals surface area (Å²) in [5.74, 6) is -0.242. The number of hydrogen-bond acceptors (Lipinski definition) is 4. The van der Waals surface area contributed by atoms with E-state index in [2.05, 4.69) is 4.98 Å². The van der Waals surface area contributed by atoms with Crippen molar-refractivity contribution in [2.75, 3.05) is 13.1 Å². The number of carboxylic acids is 1. The fourth-order valence-electron chi connectivity index (χ4n) is 3.35. The first-order chi connectivity index (χ1) is 12.1. The monoisotopic (exact) mass is 358 g/mol. The maximum atomic E-state index is 12.3. The molecule has 25 heavy (non-hydrogen) atoms. The summed E-state index contributed by atoms with van der Waals surface area (Å²) in [5, 5.41) is 12.2. The normalized spacial score (nSPS) is 15.3. The Morgan fingerprint density at radius 2 is 2.00 bits per heavy atom.